The molecule has 0 saturated carbocycles. The molecule has 2 N–H and O–H groups in total. The van der Waals surface area contributed by atoms with Crippen LogP contribution in [0.2, 0.25) is 0 Å². The van der Waals surface area contributed by atoms with Crippen molar-refractivity contribution in [1.82, 2.24) is 4.90 Å². The normalized spacial score (nSPS) is 12.1. The van der Waals surface area contributed by atoms with Gasteiger partial charge in [-0.2, -0.15) is 0 Å². The van der Waals surface area contributed by atoms with Crippen molar-refractivity contribution < 1.29 is 18.3 Å². The summed E-state index contributed by atoms with van der Waals surface area (Å²) in [6.07, 6.45) is 1.06. The Labute approximate surface area is 119 Å². The monoisotopic (exact) mass is 300 g/mol. The Morgan fingerprint density at radius 1 is 1.30 bits per heavy atom. The van der Waals surface area contributed by atoms with E-state index >= 15 is 0 Å². The van der Waals surface area contributed by atoms with Crippen molar-refractivity contribution in [3.05, 3.63) is 29.8 Å². The van der Waals surface area contributed by atoms with Crippen LogP contribution >= 0.6 is 0 Å². The van der Waals surface area contributed by atoms with Crippen molar-refractivity contribution in [3.63, 3.8) is 0 Å². The molecule has 0 bridgehead atoms. The van der Waals surface area contributed by atoms with Gasteiger partial charge in [-0.15, -0.1) is 0 Å². The Hall–Kier alpha value is -1.60. The first-order valence-corrected chi connectivity index (χ1v) is 7.93. The standard InChI is InChI=1S/C13H20N2O4S/c1-13(2,17)9-15(3)12(16)10-5-7-11(8-6-10)14-20(4,18)19/h5-8,14,17H,9H2,1-4H3. The van der Waals surface area contributed by atoms with Crippen molar-refractivity contribution in [2.75, 3.05) is 24.6 Å². The first-order valence-electron chi connectivity index (χ1n) is 6.04. The van der Waals surface area contributed by atoms with E-state index in [9.17, 15) is 18.3 Å². The lowest BCUT2D eigenvalue weighted by atomic mass is 10.1. The van der Waals surface area contributed by atoms with Gasteiger partial charge in [0.1, 0.15) is 0 Å². The highest BCUT2D eigenvalue weighted by Crippen LogP contribution is 2.13. The van der Waals surface area contributed by atoms with Gasteiger partial charge in [-0.25, -0.2) is 8.42 Å². The average Bonchev–Trinajstić information content (AvgIpc) is 2.24. The molecule has 1 rings (SSSR count). The molecule has 0 aliphatic heterocycles. The van der Waals surface area contributed by atoms with Crippen molar-refractivity contribution in [3.8, 4) is 0 Å². The Bertz CT molecular complexity index is 573. The number of hydrogen-bond acceptors (Lipinski definition) is 4. The van der Waals surface area contributed by atoms with Crippen molar-refractivity contribution in [2.45, 2.75) is 19.4 Å². The molecule has 0 aromatic heterocycles. The largest absolute Gasteiger partial charge is 0.389 e. The number of hydrogen-bond donors (Lipinski definition) is 2. The van der Waals surface area contributed by atoms with Gasteiger partial charge in [-0.05, 0) is 38.1 Å². The summed E-state index contributed by atoms with van der Waals surface area (Å²) in [6, 6.07) is 6.12. The van der Waals surface area contributed by atoms with Gasteiger partial charge in [0.2, 0.25) is 10.0 Å². The summed E-state index contributed by atoms with van der Waals surface area (Å²) >= 11 is 0. The topological polar surface area (TPSA) is 86.7 Å². The molecular weight excluding hydrogens is 280 g/mol. The van der Waals surface area contributed by atoms with Gasteiger partial charge in [0.25, 0.3) is 5.91 Å². The number of sulfonamides is 1. The van der Waals surface area contributed by atoms with Crippen LogP contribution in [0.3, 0.4) is 0 Å². The molecule has 1 aromatic rings. The van der Waals surface area contributed by atoms with Crippen LogP contribution in [0.1, 0.15) is 24.2 Å². The predicted molar refractivity (Wildman–Crippen MR) is 78.2 cm³/mol. The molecule has 20 heavy (non-hydrogen) atoms. The minimum absolute atomic E-state index is 0.204. The van der Waals surface area contributed by atoms with Crippen LogP contribution < -0.4 is 4.72 Å². The molecule has 0 saturated heterocycles. The molecule has 112 valence electrons. The maximum Gasteiger partial charge on any atom is 0.253 e. The van der Waals surface area contributed by atoms with Gasteiger partial charge in [-0.3, -0.25) is 9.52 Å². The van der Waals surface area contributed by atoms with Crippen molar-refractivity contribution in [1.29, 1.82) is 0 Å². The number of carbonyl (C=O) groups is 1. The van der Waals surface area contributed by atoms with E-state index in [0.29, 0.717) is 11.3 Å². The fourth-order valence-electron chi connectivity index (χ4n) is 1.77. The van der Waals surface area contributed by atoms with E-state index in [0.717, 1.165) is 6.26 Å². The summed E-state index contributed by atoms with van der Waals surface area (Å²) in [6.45, 7) is 3.45. The van der Waals surface area contributed by atoms with E-state index in [1.807, 2.05) is 0 Å². The van der Waals surface area contributed by atoms with Crippen LogP contribution in [0.25, 0.3) is 0 Å². The minimum atomic E-state index is -3.33. The van der Waals surface area contributed by atoms with Crippen LogP contribution in [0.4, 0.5) is 5.69 Å². The van der Waals surface area contributed by atoms with Crippen LogP contribution in [-0.4, -0.2) is 49.8 Å². The number of aliphatic hydroxyl groups is 1. The molecule has 0 fully saturated rings. The number of nitrogens with zero attached hydrogens (tertiary/aromatic N) is 1. The van der Waals surface area contributed by atoms with Gasteiger partial charge in [0.05, 0.1) is 11.9 Å². The average molecular weight is 300 g/mol. The van der Waals surface area contributed by atoms with Crippen LogP contribution in [0, 0.1) is 0 Å². The van der Waals surface area contributed by atoms with E-state index in [1.54, 1.807) is 20.9 Å². The Morgan fingerprint density at radius 3 is 2.20 bits per heavy atom. The lowest BCUT2D eigenvalue weighted by molar-refractivity contribution is 0.0368. The minimum Gasteiger partial charge on any atom is -0.389 e. The zero-order valence-electron chi connectivity index (χ0n) is 12.0. The molecule has 6 nitrogen and oxygen atoms in total. The molecule has 0 aliphatic carbocycles. The van der Waals surface area contributed by atoms with E-state index in [1.165, 1.54) is 29.2 Å². The van der Waals surface area contributed by atoms with Crippen LogP contribution in [0.15, 0.2) is 24.3 Å². The first-order chi connectivity index (χ1) is 8.98. The van der Waals surface area contributed by atoms with E-state index in [4.69, 9.17) is 0 Å². The van der Waals surface area contributed by atoms with E-state index in [-0.39, 0.29) is 12.5 Å². The number of benzene rings is 1. The number of rotatable bonds is 5. The van der Waals surface area contributed by atoms with Crippen molar-refractivity contribution in [2.24, 2.45) is 0 Å². The molecule has 7 heteroatoms. The number of amides is 1. The number of nitrogens with one attached hydrogen (secondary N) is 1. The molecule has 0 unspecified atom stereocenters. The Morgan fingerprint density at radius 2 is 1.80 bits per heavy atom. The van der Waals surface area contributed by atoms with Gasteiger partial charge < -0.3 is 10.0 Å². The zero-order valence-corrected chi connectivity index (χ0v) is 12.9. The number of likely N-dealkylation sites (N-methyl/N-ethyl adjacent to an activating group) is 1. The van der Waals surface area contributed by atoms with Crippen molar-refractivity contribution >= 4 is 21.6 Å². The molecule has 1 aromatic carbocycles. The Kier molecular flexibility index (Phi) is 4.77. The fourth-order valence-corrected chi connectivity index (χ4v) is 2.33. The molecule has 0 spiro atoms. The van der Waals surface area contributed by atoms with Gasteiger partial charge in [-0.1, -0.05) is 0 Å². The fraction of sp³-hybridized carbons (Fsp3) is 0.462. The van der Waals surface area contributed by atoms with Crippen LogP contribution in [0.5, 0.6) is 0 Å². The zero-order chi connectivity index (χ0) is 15.6. The Balaban J connectivity index is 2.80. The van der Waals surface area contributed by atoms with E-state index < -0.39 is 15.6 Å². The maximum absolute atomic E-state index is 12.1. The second-order valence-corrected chi connectivity index (χ2v) is 7.17. The summed E-state index contributed by atoms with van der Waals surface area (Å²) in [5.41, 5.74) is -0.146. The highest BCUT2D eigenvalue weighted by molar-refractivity contribution is 7.92. The molecular formula is C13H20N2O4S. The summed E-state index contributed by atoms with van der Waals surface area (Å²) in [5, 5.41) is 9.68. The highest BCUT2D eigenvalue weighted by Gasteiger charge is 2.20. The summed E-state index contributed by atoms with van der Waals surface area (Å²) in [4.78, 5) is 13.5. The molecule has 0 radical (unpaired) electrons. The maximum atomic E-state index is 12.1. The molecule has 1 amide bonds. The van der Waals surface area contributed by atoms with Crippen LogP contribution in [-0.2, 0) is 10.0 Å². The third-order valence-electron chi connectivity index (χ3n) is 2.41. The third kappa shape index (κ3) is 5.58. The van der Waals surface area contributed by atoms with Gasteiger partial charge in [0.15, 0.2) is 0 Å². The molecule has 0 atom stereocenters. The lowest BCUT2D eigenvalue weighted by Gasteiger charge is -2.25. The molecule has 0 heterocycles. The summed E-state index contributed by atoms with van der Waals surface area (Å²) in [7, 11) is -1.73. The quantitative estimate of drug-likeness (QED) is 0.846. The highest BCUT2D eigenvalue weighted by atomic mass is 32.2. The smallest absolute Gasteiger partial charge is 0.253 e. The second-order valence-electron chi connectivity index (χ2n) is 5.43. The predicted octanol–water partition coefficient (Wildman–Crippen LogP) is 0.901. The SMILES string of the molecule is CN(CC(C)(C)O)C(=O)c1ccc(NS(C)(=O)=O)cc1. The first kappa shape index (κ1) is 16.5. The second kappa shape index (κ2) is 5.80. The van der Waals surface area contributed by atoms with Gasteiger partial charge >= 0.3 is 0 Å². The summed E-state index contributed by atoms with van der Waals surface area (Å²) in [5.74, 6) is -0.238. The lowest BCUT2D eigenvalue weighted by Crippen LogP contribution is -2.39. The summed E-state index contributed by atoms with van der Waals surface area (Å²) < 4.78 is 24.5. The third-order valence-corrected chi connectivity index (χ3v) is 3.01. The number of anilines is 1. The van der Waals surface area contributed by atoms with E-state index in [2.05, 4.69) is 4.72 Å². The number of carbonyl (C=O) groups excluding carboxylic acids is 1. The molecule has 0 aliphatic rings. The van der Waals surface area contributed by atoms with Gasteiger partial charge in [0, 0.05) is 24.8 Å².